The zero-order chi connectivity index (χ0) is 21.3. The molecule has 1 unspecified atom stereocenters. The molecule has 7 heteroatoms. The second-order valence-corrected chi connectivity index (χ2v) is 8.73. The molecule has 1 saturated carbocycles. The summed E-state index contributed by atoms with van der Waals surface area (Å²) in [5.41, 5.74) is 0.945. The lowest BCUT2D eigenvalue weighted by Gasteiger charge is -2.30. The van der Waals surface area contributed by atoms with E-state index in [-0.39, 0.29) is 11.8 Å². The molecule has 7 nitrogen and oxygen atoms in total. The standard InChI is InChI=1S/C24H34N4O3/c29-24(25-14-8-16-30-21-12-5-2-6-13-21)20-11-7-15-28(17-20)18-22-26-23(27-31-22)19-9-3-1-4-10-19/h1,3-4,9-10,20-21H,2,5-8,11-18H2,(H,25,29). The predicted octanol–water partition coefficient (Wildman–Crippen LogP) is 3.80. The summed E-state index contributed by atoms with van der Waals surface area (Å²) in [5, 5.41) is 7.20. The number of carbonyl (C=O) groups excluding carboxylic acids is 1. The highest BCUT2D eigenvalue weighted by Gasteiger charge is 2.26. The highest BCUT2D eigenvalue weighted by Crippen LogP contribution is 2.21. The van der Waals surface area contributed by atoms with Gasteiger partial charge < -0.3 is 14.6 Å². The van der Waals surface area contributed by atoms with Crippen LogP contribution >= 0.6 is 0 Å². The van der Waals surface area contributed by atoms with E-state index in [1.165, 1.54) is 32.1 Å². The van der Waals surface area contributed by atoms with Crippen LogP contribution in [0.2, 0.25) is 0 Å². The molecule has 4 rings (SSSR count). The Hall–Kier alpha value is -2.25. The molecule has 2 aromatic rings. The Morgan fingerprint density at radius 1 is 1.13 bits per heavy atom. The van der Waals surface area contributed by atoms with Crippen LogP contribution < -0.4 is 5.32 Å². The van der Waals surface area contributed by atoms with E-state index in [9.17, 15) is 4.79 Å². The Morgan fingerprint density at radius 2 is 1.97 bits per heavy atom. The molecule has 1 N–H and O–H groups in total. The maximum Gasteiger partial charge on any atom is 0.241 e. The molecule has 0 bridgehead atoms. The van der Waals surface area contributed by atoms with Crippen LogP contribution in [0.15, 0.2) is 34.9 Å². The molecule has 1 atom stereocenters. The van der Waals surface area contributed by atoms with Gasteiger partial charge in [-0.15, -0.1) is 0 Å². The van der Waals surface area contributed by atoms with Crippen LogP contribution in [-0.4, -0.2) is 53.3 Å². The largest absolute Gasteiger partial charge is 0.378 e. The number of carbonyl (C=O) groups is 1. The van der Waals surface area contributed by atoms with Crippen LogP contribution in [0.5, 0.6) is 0 Å². The zero-order valence-electron chi connectivity index (χ0n) is 18.3. The summed E-state index contributed by atoms with van der Waals surface area (Å²) in [7, 11) is 0. The summed E-state index contributed by atoms with van der Waals surface area (Å²) >= 11 is 0. The molecule has 1 saturated heterocycles. The van der Waals surface area contributed by atoms with Gasteiger partial charge in [-0.05, 0) is 38.6 Å². The smallest absolute Gasteiger partial charge is 0.241 e. The predicted molar refractivity (Wildman–Crippen MR) is 118 cm³/mol. The fourth-order valence-electron chi connectivity index (χ4n) is 4.54. The van der Waals surface area contributed by atoms with E-state index in [1.807, 2.05) is 30.3 Å². The number of piperidine rings is 1. The second kappa shape index (κ2) is 11.4. The summed E-state index contributed by atoms with van der Waals surface area (Å²) in [4.78, 5) is 19.4. The first-order valence-corrected chi connectivity index (χ1v) is 11.8. The number of nitrogens with one attached hydrogen (secondary N) is 1. The van der Waals surface area contributed by atoms with Crippen LogP contribution in [0.25, 0.3) is 11.4 Å². The van der Waals surface area contributed by atoms with Gasteiger partial charge in [-0.25, -0.2) is 0 Å². The number of benzene rings is 1. The minimum Gasteiger partial charge on any atom is -0.378 e. The van der Waals surface area contributed by atoms with Gasteiger partial charge in [0.15, 0.2) is 0 Å². The minimum atomic E-state index is 0.0181. The van der Waals surface area contributed by atoms with E-state index < -0.39 is 0 Å². The summed E-state index contributed by atoms with van der Waals surface area (Å²) in [6, 6.07) is 9.82. The number of ether oxygens (including phenoxy) is 1. The molecule has 2 aliphatic rings. The van der Waals surface area contributed by atoms with E-state index in [2.05, 4.69) is 20.4 Å². The van der Waals surface area contributed by atoms with Crippen molar-refractivity contribution in [3.8, 4) is 11.4 Å². The highest BCUT2D eigenvalue weighted by atomic mass is 16.5. The average molecular weight is 427 g/mol. The third-order valence-electron chi connectivity index (χ3n) is 6.26. The quantitative estimate of drug-likeness (QED) is 0.614. The van der Waals surface area contributed by atoms with Crippen molar-refractivity contribution in [3.63, 3.8) is 0 Å². The monoisotopic (exact) mass is 426 g/mol. The van der Waals surface area contributed by atoms with Gasteiger partial charge in [-0.1, -0.05) is 54.8 Å². The molecule has 0 radical (unpaired) electrons. The summed E-state index contributed by atoms with van der Waals surface area (Å²) < 4.78 is 11.4. The molecule has 168 valence electrons. The lowest BCUT2D eigenvalue weighted by Crippen LogP contribution is -2.43. The Morgan fingerprint density at radius 3 is 2.81 bits per heavy atom. The van der Waals surface area contributed by atoms with Crippen molar-refractivity contribution in [2.75, 3.05) is 26.2 Å². The molecule has 2 heterocycles. The van der Waals surface area contributed by atoms with Crippen molar-refractivity contribution < 1.29 is 14.1 Å². The third kappa shape index (κ3) is 6.61. The van der Waals surface area contributed by atoms with Crippen LogP contribution in [-0.2, 0) is 16.1 Å². The van der Waals surface area contributed by atoms with Gasteiger partial charge >= 0.3 is 0 Å². The molecule has 1 amide bonds. The van der Waals surface area contributed by atoms with Gasteiger partial charge in [-0.3, -0.25) is 9.69 Å². The topological polar surface area (TPSA) is 80.5 Å². The number of likely N-dealkylation sites (tertiary alicyclic amines) is 1. The lowest BCUT2D eigenvalue weighted by atomic mass is 9.97. The first kappa shape index (κ1) is 22.0. The number of hydrogen-bond donors (Lipinski definition) is 1. The fraction of sp³-hybridized carbons (Fsp3) is 0.625. The van der Waals surface area contributed by atoms with E-state index in [4.69, 9.17) is 9.26 Å². The first-order chi connectivity index (χ1) is 15.3. The zero-order valence-corrected chi connectivity index (χ0v) is 18.3. The van der Waals surface area contributed by atoms with Crippen molar-refractivity contribution in [1.29, 1.82) is 0 Å². The first-order valence-electron chi connectivity index (χ1n) is 11.8. The van der Waals surface area contributed by atoms with Crippen molar-refractivity contribution in [1.82, 2.24) is 20.4 Å². The highest BCUT2D eigenvalue weighted by molar-refractivity contribution is 5.78. The number of amides is 1. The number of hydrogen-bond acceptors (Lipinski definition) is 6. The van der Waals surface area contributed by atoms with Crippen molar-refractivity contribution >= 4 is 5.91 Å². The van der Waals surface area contributed by atoms with Crippen molar-refractivity contribution in [2.24, 2.45) is 5.92 Å². The van der Waals surface area contributed by atoms with Gasteiger partial charge in [0.1, 0.15) is 0 Å². The maximum absolute atomic E-state index is 12.6. The van der Waals surface area contributed by atoms with Crippen molar-refractivity contribution in [3.05, 3.63) is 36.2 Å². The fourth-order valence-corrected chi connectivity index (χ4v) is 4.54. The molecule has 1 aromatic carbocycles. The second-order valence-electron chi connectivity index (χ2n) is 8.73. The number of aromatic nitrogens is 2. The average Bonchev–Trinajstić information content (AvgIpc) is 3.29. The van der Waals surface area contributed by atoms with Crippen LogP contribution in [0.3, 0.4) is 0 Å². The molecular formula is C24H34N4O3. The number of nitrogens with zero attached hydrogens (tertiary/aromatic N) is 3. The molecule has 0 spiro atoms. The lowest BCUT2D eigenvalue weighted by molar-refractivity contribution is -0.126. The van der Waals surface area contributed by atoms with E-state index in [1.54, 1.807) is 0 Å². The van der Waals surface area contributed by atoms with Crippen LogP contribution in [0, 0.1) is 5.92 Å². The molecule has 2 fully saturated rings. The molecule has 1 aliphatic heterocycles. The molecule has 1 aromatic heterocycles. The Labute approximate surface area is 184 Å². The summed E-state index contributed by atoms with van der Waals surface area (Å²) in [6.45, 7) is 3.68. The summed E-state index contributed by atoms with van der Waals surface area (Å²) in [5.74, 6) is 1.37. The molecular weight excluding hydrogens is 392 g/mol. The number of rotatable bonds is 9. The normalized spacial score (nSPS) is 20.6. The molecule has 31 heavy (non-hydrogen) atoms. The minimum absolute atomic E-state index is 0.0181. The van der Waals surface area contributed by atoms with E-state index in [0.717, 1.165) is 44.5 Å². The Kier molecular flexibility index (Phi) is 8.07. The van der Waals surface area contributed by atoms with Gasteiger partial charge in [0.2, 0.25) is 17.6 Å². The molecule has 1 aliphatic carbocycles. The SMILES string of the molecule is O=C(NCCCOC1CCCCC1)C1CCCN(Cc2nc(-c3ccccc3)no2)C1. The van der Waals surface area contributed by atoms with Crippen LogP contribution in [0.1, 0.15) is 57.3 Å². The van der Waals surface area contributed by atoms with Gasteiger partial charge in [-0.2, -0.15) is 4.98 Å². The van der Waals surface area contributed by atoms with Gasteiger partial charge in [0, 0.05) is 25.3 Å². The van der Waals surface area contributed by atoms with Gasteiger partial charge in [0.25, 0.3) is 0 Å². The van der Waals surface area contributed by atoms with E-state index >= 15 is 0 Å². The summed E-state index contributed by atoms with van der Waals surface area (Å²) in [6.07, 6.45) is 9.55. The van der Waals surface area contributed by atoms with Gasteiger partial charge in [0.05, 0.1) is 18.6 Å². The Balaban J connectivity index is 1.17. The third-order valence-corrected chi connectivity index (χ3v) is 6.26. The van der Waals surface area contributed by atoms with Crippen molar-refractivity contribution in [2.45, 2.75) is 64.0 Å². The van der Waals surface area contributed by atoms with Crippen LogP contribution in [0.4, 0.5) is 0 Å². The van der Waals surface area contributed by atoms with E-state index in [0.29, 0.717) is 30.9 Å². The maximum atomic E-state index is 12.6. The Bertz CT molecular complexity index is 804.